The lowest BCUT2D eigenvalue weighted by Gasteiger charge is -2.26. The fourth-order valence-electron chi connectivity index (χ4n) is 3.66. The average molecular weight is 495 g/mol. The van der Waals surface area contributed by atoms with Gasteiger partial charge in [-0.25, -0.2) is 0 Å². The van der Waals surface area contributed by atoms with Crippen molar-refractivity contribution in [2.75, 3.05) is 6.61 Å². The molecule has 0 saturated carbocycles. The highest BCUT2D eigenvalue weighted by Crippen LogP contribution is 2.19. The molecule has 204 valence electrons. The van der Waals surface area contributed by atoms with Gasteiger partial charge in [0.15, 0.2) is 0 Å². The zero-order valence-corrected chi connectivity index (χ0v) is 23.5. The Hall–Kier alpha value is -1.24. The van der Waals surface area contributed by atoms with Crippen molar-refractivity contribution < 1.29 is 25.5 Å². The average Bonchev–Trinajstić information content (AvgIpc) is 2.77. The van der Waals surface area contributed by atoms with Gasteiger partial charge in [-0.3, -0.25) is 0 Å². The van der Waals surface area contributed by atoms with E-state index >= 15 is 0 Å². The highest BCUT2D eigenvalue weighted by molar-refractivity contribution is 5.07. The molecular weight excluding hydrogens is 440 g/mol. The highest BCUT2D eigenvalue weighted by atomic mass is 16.4. The Morgan fingerprint density at radius 3 is 1.31 bits per heavy atom. The number of aliphatic hydroxyl groups is 5. The molecule has 0 aliphatic heterocycles. The molecule has 0 radical (unpaired) electrons. The maximum atomic E-state index is 9.97. The van der Waals surface area contributed by atoms with Gasteiger partial charge in [0.1, 0.15) is 5.60 Å². The van der Waals surface area contributed by atoms with E-state index < -0.39 is 30.0 Å². The van der Waals surface area contributed by atoms with Crippen LogP contribution in [0, 0.1) is 0 Å². The summed E-state index contributed by atoms with van der Waals surface area (Å²) in [5.41, 5.74) is 2.76. The van der Waals surface area contributed by atoms with Crippen LogP contribution in [0.4, 0.5) is 0 Å². The lowest BCUT2D eigenvalue weighted by atomic mass is 9.94. The molecule has 5 nitrogen and oxygen atoms in total. The molecule has 0 unspecified atom stereocenters. The van der Waals surface area contributed by atoms with Crippen molar-refractivity contribution in [2.45, 2.75) is 136 Å². The summed E-state index contributed by atoms with van der Waals surface area (Å²) in [6.07, 6.45) is 16.1. The van der Waals surface area contributed by atoms with Gasteiger partial charge in [-0.15, -0.1) is 0 Å². The molecule has 0 bridgehead atoms. The fraction of sp³-hybridized carbons (Fsp3) is 0.733. The number of rotatable bonds is 18. The summed E-state index contributed by atoms with van der Waals surface area (Å²) in [5.74, 6) is 0. The quantitative estimate of drug-likeness (QED) is 0.120. The minimum absolute atomic E-state index is 0.441. The van der Waals surface area contributed by atoms with Gasteiger partial charge in [0.25, 0.3) is 0 Å². The molecule has 5 heteroatoms. The van der Waals surface area contributed by atoms with Crippen LogP contribution in [0.2, 0.25) is 0 Å². The standard InChI is InChI=1S/C30H54O5/c1-23(14-10-16-25(3)18-20-27(32)29(5,6)34)12-8-9-13-24(2)15-11-17-26(4)19-21-28(33)30(7,35)22-31/h12-13,16-17,27-28,31-35H,8-11,14-15,18-22H2,1-7H3/b23-12+,24-13+,25-16+,26-17+/t27-,28-,30+/m1/s1. The van der Waals surface area contributed by atoms with Crippen molar-refractivity contribution in [3.8, 4) is 0 Å². The Labute approximate surface area is 215 Å². The molecule has 0 spiro atoms. The second kappa shape index (κ2) is 17.3. The van der Waals surface area contributed by atoms with E-state index in [4.69, 9.17) is 5.11 Å². The minimum Gasteiger partial charge on any atom is -0.393 e. The van der Waals surface area contributed by atoms with Crippen LogP contribution >= 0.6 is 0 Å². The molecule has 0 heterocycles. The molecular formula is C30H54O5. The molecule has 35 heavy (non-hydrogen) atoms. The number of aliphatic hydroxyl groups excluding tert-OH is 3. The van der Waals surface area contributed by atoms with Crippen molar-refractivity contribution in [2.24, 2.45) is 0 Å². The monoisotopic (exact) mass is 494 g/mol. The van der Waals surface area contributed by atoms with E-state index in [0.717, 1.165) is 44.9 Å². The van der Waals surface area contributed by atoms with Crippen LogP contribution in [0.15, 0.2) is 46.6 Å². The van der Waals surface area contributed by atoms with Crippen LogP contribution in [0.3, 0.4) is 0 Å². The molecule has 0 aromatic carbocycles. The predicted molar refractivity (Wildman–Crippen MR) is 147 cm³/mol. The van der Waals surface area contributed by atoms with Gasteiger partial charge in [-0.1, -0.05) is 46.6 Å². The van der Waals surface area contributed by atoms with Crippen LogP contribution in [0.1, 0.15) is 113 Å². The molecule has 0 aromatic heterocycles. The Bertz CT molecular complexity index is 707. The third kappa shape index (κ3) is 17.0. The van der Waals surface area contributed by atoms with E-state index in [0.29, 0.717) is 19.3 Å². The summed E-state index contributed by atoms with van der Waals surface area (Å²) in [4.78, 5) is 0. The fourth-order valence-corrected chi connectivity index (χ4v) is 3.66. The lowest BCUT2D eigenvalue weighted by Crippen LogP contribution is -2.42. The number of hydrogen-bond donors (Lipinski definition) is 5. The zero-order chi connectivity index (χ0) is 27.1. The van der Waals surface area contributed by atoms with Crippen LogP contribution in [0.5, 0.6) is 0 Å². The molecule has 0 aliphatic carbocycles. The normalized spacial score (nSPS) is 17.9. The largest absolute Gasteiger partial charge is 0.393 e. The van der Waals surface area contributed by atoms with Gasteiger partial charge < -0.3 is 25.5 Å². The van der Waals surface area contributed by atoms with Crippen molar-refractivity contribution in [1.29, 1.82) is 0 Å². The Morgan fingerprint density at radius 2 is 0.943 bits per heavy atom. The maximum absolute atomic E-state index is 9.97. The van der Waals surface area contributed by atoms with E-state index in [-0.39, 0.29) is 0 Å². The molecule has 0 rings (SSSR count). The van der Waals surface area contributed by atoms with Crippen molar-refractivity contribution in [3.63, 3.8) is 0 Å². The highest BCUT2D eigenvalue weighted by Gasteiger charge is 2.28. The molecule has 5 N–H and O–H groups in total. The van der Waals surface area contributed by atoms with E-state index in [9.17, 15) is 20.4 Å². The molecule has 0 saturated heterocycles. The van der Waals surface area contributed by atoms with E-state index in [1.165, 1.54) is 29.2 Å². The van der Waals surface area contributed by atoms with Crippen molar-refractivity contribution in [3.05, 3.63) is 46.6 Å². The summed E-state index contributed by atoms with van der Waals surface area (Å²) in [7, 11) is 0. The summed E-state index contributed by atoms with van der Waals surface area (Å²) in [6, 6.07) is 0. The van der Waals surface area contributed by atoms with Crippen LogP contribution in [-0.4, -0.2) is 55.5 Å². The predicted octanol–water partition coefficient (Wildman–Crippen LogP) is 5.91. The van der Waals surface area contributed by atoms with Crippen molar-refractivity contribution >= 4 is 0 Å². The second-order valence-electron chi connectivity index (χ2n) is 11.1. The number of allylic oxidation sites excluding steroid dienone is 8. The molecule has 0 aromatic rings. The molecule has 3 atom stereocenters. The summed E-state index contributed by atoms with van der Waals surface area (Å²) in [5, 5.41) is 48.7. The molecule has 0 aliphatic rings. The molecule has 0 fully saturated rings. The van der Waals surface area contributed by atoms with E-state index in [1.54, 1.807) is 13.8 Å². The van der Waals surface area contributed by atoms with Crippen LogP contribution < -0.4 is 0 Å². The minimum atomic E-state index is -1.44. The Morgan fingerprint density at radius 1 is 0.600 bits per heavy atom. The van der Waals surface area contributed by atoms with E-state index in [1.807, 2.05) is 6.92 Å². The first-order chi connectivity index (χ1) is 16.2. The zero-order valence-electron chi connectivity index (χ0n) is 23.5. The summed E-state index contributed by atoms with van der Waals surface area (Å²) in [6.45, 7) is 12.8. The van der Waals surface area contributed by atoms with Gasteiger partial charge in [-0.05, 0) is 113 Å². The number of unbranched alkanes of at least 4 members (excludes halogenated alkanes) is 1. The summed E-state index contributed by atoms with van der Waals surface area (Å²) < 4.78 is 0. The van der Waals surface area contributed by atoms with Crippen molar-refractivity contribution in [1.82, 2.24) is 0 Å². The first kappa shape index (κ1) is 33.8. The maximum Gasteiger partial charge on any atom is 0.111 e. The first-order valence-corrected chi connectivity index (χ1v) is 13.2. The van der Waals surface area contributed by atoms with Gasteiger partial charge in [-0.2, -0.15) is 0 Å². The number of hydrogen-bond acceptors (Lipinski definition) is 5. The van der Waals surface area contributed by atoms with Gasteiger partial charge >= 0.3 is 0 Å². The SMILES string of the molecule is C/C(=C\CC/C=C(\C)CC/C=C(\C)CC[C@@H](O)[C@@](C)(O)CO)CC/C=C(\C)CC[C@@H](O)C(C)(C)O. The van der Waals surface area contributed by atoms with Gasteiger partial charge in [0, 0.05) is 0 Å². The summed E-state index contributed by atoms with van der Waals surface area (Å²) >= 11 is 0. The van der Waals surface area contributed by atoms with E-state index in [2.05, 4.69) is 45.1 Å². The molecule has 0 amide bonds. The smallest absolute Gasteiger partial charge is 0.111 e. The van der Waals surface area contributed by atoms with Gasteiger partial charge in [0.2, 0.25) is 0 Å². The lowest BCUT2D eigenvalue weighted by molar-refractivity contribution is -0.0942. The second-order valence-corrected chi connectivity index (χ2v) is 11.1. The topological polar surface area (TPSA) is 101 Å². The third-order valence-electron chi connectivity index (χ3n) is 6.69. The Kier molecular flexibility index (Phi) is 16.6. The van der Waals surface area contributed by atoms with Gasteiger partial charge in [0.05, 0.1) is 24.4 Å². The van der Waals surface area contributed by atoms with Crippen LogP contribution in [-0.2, 0) is 0 Å². The van der Waals surface area contributed by atoms with Crippen LogP contribution in [0.25, 0.3) is 0 Å². The Balaban J connectivity index is 4.19. The third-order valence-corrected chi connectivity index (χ3v) is 6.69. The first-order valence-electron chi connectivity index (χ1n) is 13.2.